The van der Waals surface area contributed by atoms with E-state index < -0.39 is 0 Å². The highest BCUT2D eigenvalue weighted by molar-refractivity contribution is 5.91. The first-order valence-corrected chi connectivity index (χ1v) is 8.91. The van der Waals surface area contributed by atoms with Crippen molar-refractivity contribution in [3.8, 4) is 5.75 Å². The minimum absolute atomic E-state index is 0.179. The molecule has 1 aromatic carbocycles. The standard InChI is InChI=1S/C20H28N2O3/c1-4-22(5-2)14-8-13-21-20(23)19-12-11-17(25-19)15-24-18-10-7-6-9-16(18)3/h6-7,9-12H,4-5,8,13-15H2,1-3H3,(H,21,23). The van der Waals surface area contributed by atoms with Gasteiger partial charge < -0.3 is 19.4 Å². The highest BCUT2D eigenvalue weighted by Crippen LogP contribution is 2.18. The number of rotatable bonds is 10. The summed E-state index contributed by atoms with van der Waals surface area (Å²) in [5, 5.41) is 2.90. The average Bonchev–Trinajstić information content (AvgIpc) is 3.10. The van der Waals surface area contributed by atoms with Crippen LogP contribution in [0.15, 0.2) is 40.8 Å². The van der Waals surface area contributed by atoms with Crippen molar-refractivity contribution in [3.05, 3.63) is 53.5 Å². The molecule has 0 saturated heterocycles. The van der Waals surface area contributed by atoms with Crippen LogP contribution in [0.1, 0.15) is 42.1 Å². The SMILES string of the molecule is CCN(CC)CCCNC(=O)c1ccc(COc2ccccc2C)o1. The highest BCUT2D eigenvalue weighted by Gasteiger charge is 2.11. The van der Waals surface area contributed by atoms with Crippen LogP contribution < -0.4 is 10.1 Å². The van der Waals surface area contributed by atoms with Crippen LogP contribution in [0.4, 0.5) is 0 Å². The summed E-state index contributed by atoms with van der Waals surface area (Å²) in [7, 11) is 0. The second-order valence-electron chi connectivity index (χ2n) is 5.96. The Morgan fingerprint density at radius 3 is 2.64 bits per heavy atom. The van der Waals surface area contributed by atoms with Gasteiger partial charge in [0.05, 0.1) is 0 Å². The summed E-state index contributed by atoms with van der Waals surface area (Å²) in [4.78, 5) is 14.4. The molecule has 0 radical (unpaired) electrons. The van der Waals surface area contributed by atoms with Crippen molar-refractivity contribution in [3.63, 3.8) is 0 Å². The van der Waals surface area contributed by atoms with Gasteiger partial charge in [-0.25, -0.2) is 0 Å². The maximum atomic E-state index is 12.1. The van der Waals surface area contributed by atoms with Gasteiger partial charge in [0.25, 0.3) is 5.91 Å². The van der Waals surface area contributed by atoms with Gasteiger partial charge in [0.2, 0.25) is 0 Å². The first-order valence-electron chi connectivity index (χ1n) is 8.91. The van der Waals surface area contributed by atoms with E-state index in [1.165, 1.54) is 0 Å². The predicted octanol–water partition coefficient (Wildman–Crippen LogP) is 3.63. The monoisotopic (exact) mass is 344 g/mol. The van der Waals surface area contributed by atoms with E-state index in [1.54, 1.807) is 12.1 Å². The zero-order valence-corrected chi connectivity index (χ0v) is 15.4. The number of amides is 1. The van der Waals surface area contributed by atoms with Gasteiger partial charge in [0.1, 0.15) is 18.1 Å². The van der Waals surface area contributed by atoms with Gasteiger partial charge in [-0.1, -0.05) is 32.0 Å². The number of benzene rings is 1. The molecule has 0 fully saturated rings. The molecule has 2 rings (SSSR count). The largest absolute Gasteiger partial charge is 0.485 e. The Morgan fingerprint density at radius 1 is 1.16 bits per heavy atom. The molecule has 0 bridgehead atoms. The minimum atomic E-state index is -0.179. The maximum Gasteiger partial charge on any atom is 0.286 e. The van der Waals surface area contributed by atoms with E-state index in [0.717, 1.165) is 37.4 Å². The van der Waals surface area contributed by atoms with Gasteiger partial charge in [0.15, 0.2) is 5.76 Å². The molecule has 0 aliphatic carbocycles. The lowest BCUT2D eigenvalue weighted by Crippen LogP contribution is -2.29. The predicted molar refractivity (Wildman–Crippen MR) is 99.0 cm³/mol. The Balaban J connectivity index is 1.76. The lowest BCUT2D eigenvalue weighted by molar-refractivity contribution is 0.0920. The topological polar surface area (TPSA) is 54.7 Å². The average molecular weight is 344 g/mol. The first-order chi connectivity index (χ1) is 12.1. The van der Waals surface area contributed by atoms with Crippen LogP contribution >= 0.6 is 0 Å². The number of aryl methyl sites for hydroxylation is 1. The summed E-state index contributed by atoms with van der Waals surface area (Å²) < 4.78 is 11.3. The Morgan fingerprint density at radius 2 is 1.92 bits per heavy atom. The fraction of sp³-hybridized carbons (Fsp3) is 0.450. The molecule has 5 heteroatoms. The van der Waals surface area contributed by atoms with Crippen molar-refractivity contribution in [2.45, 2.75) is 33.8 Å². The molecule has 0 aliphatic heterocycles. The van der Waals surface area contributed by atoms with Crippen molar-refractivity contribution in [1.82, 2.24) is 10.2 Å². The summed E-state index contributed by atoms with van der Waals surface area (Å²) in [6, 6.07) is 11.3. The van der Waals surface area contributed by atoms with Gasteiger partial charge >= 0.3 is 0 Å². The van der Waals surface area contributed by atoms with Gasteiger partial charge in [-0.05, 0) is 56.7 Å². The molecule has 0 spiro atoms. The molecule has 25 heavy (non-hydrogen) atoms. The van der Waals surface area contributed by atoms with Crippen molar-refractivity contribution in [1.29, 1.82) is 0 Å². The van der Waals surface area contributed by atoms with Crippen molar-refractivity contribution in [2.75, 3.05) is 26.2 Å². The molecule has 1 N–H and O–H groups in total. The molecule has 1 aromatic heterocycles. The number of nitrogens with zero attached hydrogens (tertiary/aromatic N) is 1. The minimum Gasteiger partial charge on any atom is -0.485 e. The molecule has 2 aromatic rings. The van der Waals surface area contributed by atoms with Crippen LogP contribution in [0, 0.1) is 6.92 Å². The van der Waals surface area contributed by atoms with Crippen molar-refractivity contribution in [2.24, 2.45) is 0 Å². The first kappa shape index (κ1) is 19.1. The zero-order valence-electron chi connectivity index (χ0n) is 15.4. The molecule has 136 valence electrons. The third-order valence-corrected chi connectivity index (χ3v) is 4.18. The molecule has 5 nitrogen and oxygen atoms in total. The Hall–Kier alpha value is -2.27. The molecule has 1 amide bonds. The second-order valence-corrected chi connectivity index (χ2v) is 5.96. The summed E-state index contributed by atoms with van der Waals surface area (Å²) in [6.45, 7) is 10.3. The summed E-state index contributed by atoms with van der Waals surface area (Å²) in [5.74, 6) is 1.60. The van der Waals surface area contributed by atoms with E-state index in [9.17, 15) is 4.79 Å². The second kappa shape index (κ2) is 9.89. The van der Waals surface area contributed by atoms with E-state index >= 15 is 0 Å². The number of carbonyl (C=O) groups is 1. The van der Waals surface area contributed by atoms with E-state index in [-0.39, 0.29) is 5.91 Å². The van der Waals surface area contributed by atoms with Crippen LogP contribution in [-0.4, -0.2) is 37.0 Å². The van der Waals surface area contributed by atoms with Crippen molar-refractivity contribution < 1.29 is 13.9 Å². The summed E-state index contributed by atoms with van der Waals surface area (Å²) >= 11 is 0. The van der Waals surface area contributed by atoms with Crippen LogP contribution in [0.3, 0.4) is 0 Å². The molecule has 1 heterocycles. The Labute approximate surface area is 150 Å². The summed E-state index contributed by atoms with van der Waals surface area (Å²) in [5.41, 5.74) is 1.07. The quantitative estimate of drug-likeness (QED) is 0.669. The van der Waals surface area contributed by atoms with E-state index in [0.29, 0.717) is 24.7 Å². The molecule has 0 atom stereocenters. The van der Waals surface area contributed by atoms with Gasteiger partial charge in [0, 0.05) is 6.54 Å². The van der Waals surface area contributed by atoms with E-state index in [2.05, 4.69) is 24.1 Å². The number of ether oxygens (including phenoxy) is 1. The molecule has 0 unspecified atom stereocenters. The smallest absolute Gasteiger partial charge is 0.286 e. The van der Waals surface area contributed by atoms with Gasteiger partial charge in [-0.2, -0.15) is 0 Å². The highest BCUT2D eigenvalue weighted by atomic mass is 16.5. The third kappa shape index (κ3) is 5.94. The number of para-hydroxylation sites is 1. The Kier molecular flexibility index (Phi) is 7.54. The number of nitrogens with one attached hydrogen (secondary N) is 1. The van der Waals surface area contributed by atoms with Crippen LogP contribution in [-0.2, 0) is 6.61 Å². The zero-order chi connectivity index (χ0) is 18.1. The third-order valence-electron chi connectivity index (χ3n) is 4.18. The van der Waals surface area contributed by atoms with Crippen LogP contribution in [0.25, 0.3) is 0 Å². The van der Waals surface area contributed by atoms with Gasteiger partial charge in [-0.3, -0.25) is 4.79 Å². The molecular weight excluding hydrogens is 316 g/mol. The van der Waals surface area contributed by atoms with Crippen LogP contribution in [0.2, 0.25) is 0 Å². The number of furan rings is 1. The number of carbonyl (C=O) groups excluding carboxylic acids is 1. The number of hydrogen-bond donors (Lipinski definition) is 1. The fourth-order valence-electron chi connectivity index (χ4n) is 2.58. The normalized spacial score (nSPS) is 10.9. The summed E-state index contributed by atoms with van der Waals surface area (Å²) in [6.07, 6.45) is 0.928. The molecule has 0 aliphatic rings. The molecular formula is C20H28N2O3. The van der Waals surface area contributed by atoms with Gasteiger partial charge in [-0.15, -0.1) is 0 Å². The van der Waals surface area contributed by atoms with E-state index in [1.807, 2.05) is 31.2 Å². The lowest BCUT2D eigenvalue weighted by Gasteiger charge is -2.17. The number of hydrogen-bond acceptors (Lipinski definition) is 4. The maximum absolute atomic E-state index is 12.1. The molecule has 0 saturated carbocycles. The van der Waals surface area contributed by atoms with Crippen LogP contribution in [0.5, 0.6) is 5.75 Å². The Bertz CT molecular complexity index is 662. The fourth-order valence-corrected chi connectivity index (χ4v) is 2.58. The lowest BCUT2D eigenvalue weighted by atomic mass is 10.2. The van der Waals surface area contributed by atoms with Crippen molar-refractivity contribution >= 4 is 5.91 Å². The van der Waals surface area contributed by atoms with E-state index in [4.69, 9.17) is 9.15 Å².